The lowest BCUT2D eigenvalue weighted by Crippen LogP contribution is -2.23. The smallest absolute Gasteiger partial charge is 0.406 e. The maximum atomic E-state index is 12.4. The fourth-order valence-electron chi connectivity index (χ4n) is 3.67. The number of nitrogens with one attached hydrogen (secondary N) is 1. The van der Waals surface area contributed by atoms with Crippen LogP contribution in [0.3, 0.4) is 0 Å². The highest BCUT2D eigenvalue weighted by Crippen LogP contribution is 2.32. The largest absolute Gasteiger partial charge is 0.573 e. The van der Waals surface area contributed by atoms with Gasteiger partial charge in [0, 0.05) is 31.5 Å². The number of nitrogens with zero attached hydrogens (tertiary/aromatic N) is 1. The lowest BCUT2D eigenvalue weighted by atomic mass is 10.0. The Morgan fingerprint density at radius 3 is 2.35 bits per heavy atom. The summed E-state index contributed by atoms with van der Waals surface area (Å²) in [6.07, 6.45) is -3.03. The normalized spacial score (nSPS) is 14.6. The Balaban J connectivity index is 1.86. The number of anilines is 2. The average molecular weight is 364 g/mol. The van der Waals surface area contributed by atoms with E-state index in [-0.39, 0.29) is 5.75 Å². The van der Waals surface area contributed by atoms with Gasteiger partial charge in [0.15, 0.2) is 0 Å². The summed E-state index contributed by atoms with van der Waals surface area (Å²) in [6.45, 7) is 5.70. The molecule has 0 fully saturated rings. The third-order valence-corrected chi connectivity index (χ3v) is 4.78. The molecule has 6 heteroatoms. The minimum atomic E-state index is -4.66. The van der Waals surface area contributed by atoms with Crippen molar-refractivity contribution in [1.29, 1.82) is 0 Å². The average Bonchev–Trinajstić information content (AvgIpc) is 2.75. The van der Waals surface area contributed by atoms with E-state index in [9.17, 15) is 13.2 Å². The summed E-state index contributed by atoms with van der Waals surface area (Å²) < 4.78 is 41.4. The van der Waals surface area contributed by atoms with E-state index < -0.39 is 6.36 Å². The molecule has 0 saturated carbocycles. The highest BCUT2D eigenvalue weighted by Gasteiger charge is 2.31. The van der Waals surface area contributed by atoms with Gasteiger partial charge in [0.2, 0.25) is 0 Å². The van der Waals surface area contributed by atoms with Crippen molar-refractivity contribution in [2.24, 2.45) is 0 Å². The first-order valence-electron chi connectivity index (χ1n) is 8.68. The highest BCUT2D eigenvalue weighted by molar-refractivity contribution is 5.65. The van der Waals surface area contributed by atoms with Gasteiger partial charge in [-0.3, -0.25) is 0 Å². The molecule has 2 aromatic carbocycles. The predicted octanol–water partition coefficient (Wildman–Crippen LogP) is 5.20. The fraction of sp³-hybridized carbons (Fsp3) is 0.400. The zero-order chi connectivity index (χ0) is 18.9. The van der Waals surface area contributed by atoms with Gasteiger partial charge in [0.05, 0.1) is 0 Å². The molecule has 26 heavy (non-hydrogen) atoms. The van der Waals surface area contributed by atoms with E-state index in [1.54, 1.807) is 6.07 Å². The minimum absolute atomic E-state index is 0.144. The van der Waals surface area contributed by atoms with Gasteiger partial charge in [-0.25, -0.2) is 0 Å². The van der Waals surface area contributed by atoms with Crippen molar-refractivity contribution in [3.63, 3.8) is 0 Å². The molecule has 2 aromatic rings. The first-order chi connectivity index (χ1) is 12.3. The van der Waals surface area contributed by atoms with E-state index in [1.165, 1.54) is 23.3 Å². The monoisotopic (exact) mass is 364 g/mol. The molecule has 0 saturated heterocycles. The lowest BCUT2D eigenvalue weighted by Gasteiger charge is -2.25. The molecule has 0 aromatic heterocycles. The number of hydrogen-bond donors (Lipinski definition) is 1. The molecule has 0 atom stereocenters. The van der Waals surface area contributed by atoms with Crippen LogP contribution in [-0.4, -0.2) is 20.0 Å². The molecule has 3 nitrogen and oxygen atoms in total. The zero-order valence-corrected chi connectivity index (χ0v) is 15.2. The summed E-state index contributed by atoms with van der Waals surface area (Å²) in [5.41, 5.74) is 6.61. The molecule has 0 spiro atoms. The van der Waals surface area contributed by atoms with Gasteiger partial charge >= 0.3 is 6.36 Å². The van der Waals surface area contributed by atoms with Crippen LogP contribution in [0.1, 0.15) is 28.7 Å². The van der Waals surface area contributed by atoms with Crippen LogP contribution in [0.5, 0.6) is 5.75 Å². The molecule has 1 N–H and O–H groups in total. The Kier molecular flexibility index (Phi) is 5.03. The van der Waals surface area contributed by atoms with E-state index in [4.69, 9.17) is 0 Å². The number of fused-ring (bicyclic) bond motifs is 1. The van der Waals surface area contributed by atoms with Crippen LogP contribution in [0.4, 0.5) is 24.5 Å². The molecule has 140 valence electrons. The Hall–Kier alpha value is -2.37. The first kappa shape index (κ1) is 18.4. The fourth-order valence-corrected chi connectivity index (χ4v) is 3.67. The molecule has 0 amide bonds. The van der Waals surface area contributed by atoms with E-state index in [0.717, 1.165) is 41.9 Å². The lowest BCUT2D eigenvalue weighted by molar-refractivity contribution is -0.274. The quantitative estimate of drug-likeness (QED) is 0.810. The number of benzene rings is 2. The van der Waals surface area contributed by atoms with Gasteiger partial charge in [-0.1, -0.05) is 6.07 Å². The number of aryl methyl sites for hydroxylation is 3. The minimum Gasteiger partial charge on any atom is -0.406 e. The molecule has 1 aliphatic heterocycles. The summed E-state index contributed by atoms with van der Waals surface area (Å²) in [5, 5.41) is 3.22. The molecular formula is C20H23F3N2O. The van der Waals surface area contributed by atoms with Gasteiger partial charge in [0.1, 0.15) is 5.75 Å². The van der Waals surface area contributed by atoms with Crippen molar-refractivity contribution >= 4 is 11.4 Å². The SMILES string of the molecule is CNc1c(C)cc(N2CCCc3cc(OC(F)(F)F)ccc3C2)cc1C. The second kappa shape index (κ2) is 7.09. The Labute approximate surface area is 151 Å². The number of halogens is 3. The molecule has 3 rings (SSSR count). The number of ether oxygens (including phenoxy) is 1. The molecule has 0 aliphatic carbocycles. The number of alkyl halides is 3. The molecular weight excluding hydrogens is 341 g/mol. The van der Waals surface area contributed by atoms with Crippen LogP contribution in [0, 0.1) is 13.8 Å². The molecule has 0 unspecified atom stereocenters. The topological polar surface area (TPSA) is 24.5 Å². The second-order valence-electron chi connectivity index (χ2n) is 6.71. The standard InChI is InChI=1S/C20H23F3N2O/c1-13-9-17(10-14(2)19(13)24-3)25-8-4-5-15-11-18(26-20(21,22)23)7-6-16(15)12-25/h6-7,9-11,24H,4-5,8,12H2,1-3H3. The summed E-state index contributed by atoms with van der Waals surface area (Å²) >= 11 is 0. The van der Waals surface area contributed by atoms with Crippen molar-refractivity contribution in [3.05, 3.63) is 52.6 Å². The van der Waals surface area contributed by atoms with Crippen molar-refractivity contribution < 1.29 is 17.9 Å². The van der Waals surface area contributed by atoms with Gasteiger partial charge in [0.25, 0.3) is 0 Å². The van der Waals surface area contributed by atoms with E-state index in [2.05, 4.69) is 40.9 Å². The first-order valence-corrected chi connectivity index (χ1v) is 8.68. The summed E-state index contributed by atoms with van der Waals surface area (Å²) in [7, 11) is 1.91. The van der Waals surface area contributed by atoms with E-state index in [1.807, 2.05) is 7.05 Å². The number of hydrogen-bond acceptors (Lipinski definition) is 3. The van der Waals surface area contributed by atoms with Crippen LogP contribution in [0.2, 0.25) is 0 Å². The van der Waals surface area contributed by atoms with Gasteiger partial charge in [-0.2, -0.15) is 0 Å². The summed E-state index contributed by atoms with van der Waals surface area (Å²) in [6, 6.07) is 8.98. The number of rotatable bonds is 3. The van der Waals surface area contributed by atoms with Crippen LogP contribution < -0.4 is 15.0 Å². The maximum absolute atomic E-state index is 12.4. The Morgan fingerprint density at radius 2 is 1.73 bits per heavy atom. The molecule has 1 aliphatic rings. The van der Waals surface area contributed by atoms with E-state index in [0.29, 0.717) is 6.54 Å². The van der Waals surface area contributed by atoms with Crippen molar-refractivity contribution in [2.75, 3.05) is 23.8 Å². The third-order valence-electron chi connectivity index (χ3n) is 4.78. The molecule has 0 bridgehead atoms. The predicted molar refractivity (Wildman–Crippen MR) is 98.0 cm³/mol. The summed E-state index contributed by atoms with van der Waals surface area (Å²) in [5.74, 6) is -0.144. The van der Waals surface area contributed by atoms with Crippen molar-refractivity contribution in [3.8, 4) is 5.75 Å². The summed E-state index contributed by atoms with van der Waals surface area (Å²) in [4.78, 5) is 2.29. The van der Waals surface area contributed by atoms with Crippen LogP contribution in [-0.2, 0) is 13.0 Å². The molecule has 0 radical (unpaired) electrons. The Morgan fingerprint density at radius 1 is 1.04 bits per heavy atom. The van der Waals surface area contributed by atoms with Gasteiger partial charge < -0.3 is 15.0 Å². The van der Waals surface area contributed by atoms with Gasteiger partial charge in [-0.15, -0.1) is 13.2 Å². The zero-order valence-electron chi connectivity index (χ0n) is 15.2. The van der Waals surface area contributed by atoms with Gasteiger partial charge in [-0.05, 0) is 73.2 Å². The van der Waals surface area contributed by atoms with Crippen LogP contribution in [0.25, 0.3) is 0 Å². The second-order valence-corrected chi connectivity index (χ2v) is 6.71. The van der Waals surface area contributed by atoms with E-state index >= 15 is 0 Å². The van der Waals surface area contributed by atoms with Crippen molar-refractivity contribution in [2.45, 2.75) is 39.6 Å². The van der Waals surface area contributed by atoms with Crippen molar-refractivity contribution in [1.82, 2.24) is 0 Å². The third kappa shape index (κ3) is 4.06. The Bertz CT molecular complexity index is 779. The van der Waals surface area contributed by atoms with Crippen LogP contribution in [0.15, 0.2) is 30.3 Å². The van der Waals surface area contributed by atoms with Crippen LogP contribution >= 0.6 is 0 Å². The maximum Gasteiger partial charge on any atom is 0.573 e. The molecule has 1 heterocycles. The highest BCUT2D eigenvalue weighted by atomic mass is 19.4.